The number of carbonyl (C=O) groups excluding carboxylic acids is 2. The molecule has 2 aliphatic heterocycles. The average Bonchev–Trinajstić information content (AvgIpc) is 3.85. The average molecular weight is 609 g/mol. The van der Waals surface area contributed by atoms with E-state index in [1.165, 1.54) is 0 Å². The molecule has 6 rings (SSSR count). The fraction of sp³-hybridized carbons (Fsp3) is 0.361. The molecule has 2 saturated heterocycles. The minimum absolute atomic E-state index is 0.0460. The predicted octanol–water partition coefficient (Wildman–Crippen LogP) is 4.61. The highest BCUT2D eigenvalue weighted by Gasteiger charge is 2.36. The molecule has 2 aliphatic rings. The Bertz CT molecular complexity index is 1580. The highest BCUT2D eigenvalue weighted by atomic mass is 16.5. The standard InChI is InChI=1S/C36H40N4O5/c1-24-22-45-35(38-24)32-16-9-17-40(32)36(43)28-15-8-14-27(19-28)34(42)39-31(18-25-10-4-2-5-11-25)33(41)30-20-29(21-37-30)44-23-26-12-6-3-7-13-26/h2-8,10-15,19,22,29-33,37,41H,9,16-18,20-21,23H2,1H3,(H,39,42). The molecular weight excluding hydrogens is 568 g/mol. The third-order valence-corrected chi connectivity index (χ3v) is 8.70. The number of hydrogen-bond donors (Lipinski definition) is 3. The van der Waals surface area contributed by atoms with Crippen LogP contribution in [0.3, 0.4) is 0 Å². The van der Waals surface area contributed by atoms with Gasteiger partial charge >= 0.3 is 0 Å². The van der Waals surface area contributed by atoms with Crippen LogP contribution in [0.4, 0.5) is 0 Å². The molecule has 5 atom stereocenters. The lowest BCUT2D eigenvalue weighted by Gasteiger charge is -2.29. The first-order chi connectivity index (χ1) is 21.9. The monoisotopic (exact) mass is 608 g/mol. The molecule has 9 nitrogen and oxygen atoms in total. The van der Waals surface area contributed by atoms with E-state index in [9.17, 15) is 14.7 Å². The summed E-state index contributed by atoms with van der Waals surface area (Å²) in [4.78, 5) is 33.5. The second-order valence-electron chi connectivity index (χ2n) is 12.0. The number of nitrogens with one attached hydrogen (secondary N) is 2. The molecule has 2 fully saturated rings. The number of nitrogens with zero attached hydrogens (tertiary/aromatic N) is 2. The molecule has 1 aromatic heterocycles. The Balaban J connectivity index is 1.14. The van der Waals surface area contributed by atoms with Gasteiger partial charge < -0.3 is 29.8 Å². The lowest BCUT2D eigenvalue weighted by Crippen LogP contribution is -2.52. The van der Waals surface area contributed by atoms with Gasteiger partial charge in [0.1, 0.15) is 12.3 Å². The lowest BCUT2D eigenvalue weighted by atomic mass is 9.94. The Morgan fingerprint density at radius 2 is 1.78 bits per heavy atom. The van der Waals surface area contributed by atoms with Crippen LogP contribution < -0.4 is 10.6 Å². The molecule has 3 aromatic carbocycles. The first-order valence-electron chi connectivity index (χ1n) is 15.7. The summed E-state index contributed by atoms with van der Waals surface area (Å²) in [7, 11) is 0. The van der Waals surface area contributed by atoms with Crippen molar-refractivity contribution in [2.24, 2.45) is 0 Å². The van der Waals surface area contributed by atoms with Crippen LogP contribution >= 0.6 is 0 Å². The van der Waals surface area contributed by atoms with E-state index < -0.39 is 12.1 Å². The van der Waals surface area contributed by atoms with E-state index in [4.69, 9.17) is 9.15 Å². The van der Waals surface area contributed by atoms with Gasteiger partial charge in [-0.2, -0.15) is 0 Å². The summed E-state index contributed by atoms with van der Waals surface area (Å²) in [5.74, 6) is 0.0274. The maximum atomic E-state index is 13.7. The summed E-state index contributed by atoms with van der Waals surface area (Å²) in [6.45, 7) is 3.58. The molecule has 0 spiro atoms. The summed E-state index contributed by atoms with van der Waals surface area (Å²) in [6.07, 6.45) is 3.39. The van der Waals surface area contributed by atoms with Gasteiger partial charge in [-0.1, -0.05) is 66.7 Å². The molecular formula is C36H40N4O5. The van der Waals surface area contributed by atoms with Crippen molar-refractivity contribution in [3.8, 4) is 0 Å². The maximum Gasteiger partial charge on any atom is 0.254 e. The van der Waals surface area contributed by atoms with Crippen LogP contribution in [-0.4, -0.2) is 64.2 Å². The van der Waals surface area contributed by atoms with Crippen molar-refractivity contribution in [1.82, 2.24) is 20.5 Å². The van der Waals surface area contributed by atoms with E-state index in [1.54, 1.807) is 35.4 Å². The van der Waals surface area contributed by atoms with Gasteiger partial charge in [0.2, 0.25) is 5.89 Å². The quantitative estimate of drug-likeness (QED) is 0.228. The minimum atomic E-state index is -0.862. The molecule has 0 saturated carbocycles. The Kier molecular flexibility index (Phi) is 9.69. The van der Waals surface area contributed by atoms with Gasteiger partial charge in [-0.25, -0.2) is 4.98 Å². The van der Waals surface area contributed by atoms with Crippen LogP contribution in [0.2, 0.25) is 0 Å². The molecule has 0 aliphatic carbocycles. The summed E-state index contributed by atoms with van der Waals surface area (Å²) < 4.78 is 11.7. The van der Waals surface area contributed by atoms with Crippen molar-refractivity contribution in [3.05, 3.63) is 125 Å². The number of oxazole rings is 1. The summed E-state index contributed by atoms with van der Waals surface area (Å²) >= 11 is 0. The van der Waals surface area contributed by atoms with E-state index in [2.05, 4.69) is 15.6 Å². The number of carbonyl (C=O) groups is 2. The molecule has 3 N–H and O–H groups in total. The normalized spacial score (nSPS) is 21.0. The van der Waals surface area contributed by atoms with Crippen LogP contribution in [0, 0.1) is 6.92 Å². The van der Waals surface area contributed by atoms with Gasteiger partial charge in [0.25, 0.3) is 11.8 Å². The van der Waals surface area contributed by atoms with Crippen molar-refractivity contribution in [3.63, 3.8) is 0 Å². The molecule has 0 radical (unpaired) electrons. The van der Waals surface area contributed by atoms with E-state index in [-0.39, 0.29) is 30.0 Å². The second-order valence-corrected chi connectivity index (χ2v) is 12.0. The van der Waals surface area contributed by atoms with Gasteiger partial charge in [-0.05, 0) is 61.9 Å². The zero-order chi connectivity index (χ0) is 31.2. The Morgan fingerprint density at radius 3 is 2.51 bits per heavy atom. The number of likely N-dealkylation sites (tertiary alicyclic amines) is 1. The molecule has 4 aromatic rings. The van der Waals surface area contributed by atoms with Gasteiger partial charge in [0, 0.05) is 30.3 Å². The molecule has 0 bridgehead atoms. The first-order valence-corrected chi connectivity index (χ1v) is 15.7. The summed E-state index contributed by atoms with van der Waals surface area (Å²) in [5, 5.41) is 18.1. The van der Waals surface area contributed by atoms with E-state index in [0.717, 1.165) is 29.7 Å². The fourth-order valence-electron chi connectivity index (χ4n) is 6.32. The Hall–Kier alpha value is -4.31. The number of hydrogen-bond acceptors (Lipinski definition) is 7. The highest BCUT2D eigenvalue weighted by Crippen LogP contribution is 2.33. The first kappa shape index (κ1) is 30.7. The Morgan fingerprint density at radius 1 is 1.04 bits per heavy atom. The molecule has 5 unspecified atom stereocenters. The van der Waals surface area contributed by atoms with Crippen LogP contribution in [-0.2, 0) is 17.8 Å². The largest absolute Gasteiger partial charge is 0.446 e. The van der Waals surface area contributed by atoms with E-state index in [1.807, 2.05) is 67.6 Å². The number of benzene rings is 3. The van der Waals surface area contributed by atoms with Crippen LogP contribution in [0.25, 0.3) is 0 Å². The SMILES string of the molecule is Cc1coc(C2CCCN2C(=O)c2cccc(C(=O)NC(Cc3ccccc3)C(O)C3CC(OCc4ccccc4)CN3)c2)n1. The van der Waals surface area contributed by atoms with Crippen LogP contribution in [0.5, 0.6) is 0 Å². The van der Waals surface area contributed by atoms with Crippen molar-refractivity contribution >= 4 is 11.8 Å². The zero-order valence-corrected chi connectivity index (χ0v) is 25.5. The fourth-order valence-corrected chi connectivity index (χ4v) is 6.32. The third-order valence-electron chi connectivity index (χ3n) is 8.70. The van der Waals surface area contributed by atoms with Crippen LogP contribution in [0.1, 0.15) is 68.7 Å². The van der Waals surface area contributed by atoms with E-state index >= 15 is 0 Å². The maximum absolute atomic E-state index is 13.7. The minimum Gasteiger partial charge on any atom is -0.446 e. The van der Waals surface area contributed by atoms with Crippen LogP contribution in [0.15, 0.2) is 95.6 Å². The number of amides is 2. The second kappa shape index (κ2) is 14.2. The number of aryl methyl sites for hydroxylation is 1. The number of rotatable bonds is 11. The topological polar surface area (TPSA) is 117 Å². The number of aliphatic hydroxyl groups excluding tert-OH is 1. The predicted molar refractivity (Wildman–Crippen MR) is 170 cm³/mol. The number of aliphatic hydroxyl groups is 1. The molecule has 45 heavy (non-hydrogen) atoms. The van der Waals surface area contributed by atoms with Crippen molar-refractivity contribution < 1.29 is 23.8 Å². The summed E-state index contributed by atoms with van der Waals surface area (Å²) in [6, 6.07) is 25.5. The van der Waals surface area contributed by atoms with E-state index in [0.29, 0.717) is 49.6 Å². The van der Waals surface area contributed by atoms with Gasteiger partial charge in [0.05, 0.1) is 30.6 Å². The highest BCUT2D eigenvalue weighted by molar-refractivity contribution is 6.00. The zero-order valence-electron chi connectivity index (χ0n) is 25.5. The number of aromatic nitrogens is 1. The van der Waals surface area contributed by atoms with Gasteiger partial charge in [-0.15, -0.1) is 0 Å². The molecule has 234 valence electrons. The van der Waals surface area contributed by atoms with Crippen molar-refractivity contribution in [1.29, 1.82) is 0 Å². The molecule has 9 heteroatoms. The van der Waals surface area contributed by atoms with Crippen molar-refractivity contribution in [2.75, 3.05) is 13.1 Å². The van der Waals surface area contributed by atoms with Gasteiger partial charge in [0.15, 0.2) is 0 Å². The smallest absolute Gasteiger partial charge is 0.254 e. The molecule has 3 heterocycles. The third kappa shape index (κ3) is 7.50. The van der Waals surface area contributed by atoms with Crippen molar-refractivity contribution in [2.45, 2.75) is 69.5 Å². The molecule has 2 amide bonds. The Labute approximate surface area is 263 Å². The lowest BCUT2D eigenvalue weighted by molar-refractivity contribution is 0.0419. The number of ether oxygens (including phenoxy) is 1. The summed E-state index contributed by atoms with van der Waals surface area (Å²) in [5.41, 5.74) is 3.66. The van der Waals surface area contributed by atoms with Gasteiger partial charge in [-0.3, -0.25) is 9.59 Å².